The summed E-state index contributed by atoms with van der Waals surface area (Å²) in [5.41, 5.74) is 0. The lowest BCUT2D eigenvalue weighted by Gasteiger charge is -1.93. The zero-order valence-corrected chi connectivity index (χ0v) is 3.33. The molecule has 30 valence electrons. The molecule has 0 aromatic rings. The van der Waals surface area contributed by atoms with Crippen LogP contribution in [0.25, 0.3) is 0 Å². The van der Waals surface area contributed by atoms with E-state index < -0.39 is 0 Å². The lowest BCUT2D eigenvalue weighted by Crippen LogP contribution is -1.98. The fraction of sp³-hybridized carbons (Fsp3) is 0.600. The summed E-state index contributed by atoms with van der Waals surface area (Å²) in [6.45, 7) is 0. The molecule has 0 radical (unpaired) electrons. The lowest BCUT2D eigenvalue weighted by atomic mass is 10.4. The van der Waals surface area contributed by atoms with Crippen molar-refractivity contribution in [2.75, 3.05) is 0 Å². The van der Waals surface area contributed by atoms with Crippen LogP contribution in [-0.2, 0) is 0 Å². The summed E-state index contributed by atoms with van der Waals surface area (Å²) in [5.74, 6) is 1.02. The summed E-state index contributed by atoms with van der Waals surface area (Å²) in [7, 11) is 0. The average molecular weight is 79.1 g/mol. The Morgan fingerprint density at radius 1 is 1.33 bits per heavy atom. The molecule has 6 heavy (non-hydrogen) atoms. The van der Waals surface area contributed by atoms with Crippen molar-refractivity contribution in [2.45, 2.75) is 12.1 Å². The highest BCUT2D eigenvalue weighted by molar-refractivity contribution is 5.41. The zero-order valence-electron chi connectivity index (χ0n) is 3.33. The van der Waals surface area contributed by atoms with Gasteiger partial charge in [0.25, 0.3) is 0 Å². The maximum atomic E-state index is 2.41. The Bertz CT molecular complexity index is 115. The van der Waals surface area contributed by atoms with Crippen LogP contribution in [0.4, 0.5) is 0 Å². The Morgan fingerprint density at radius 3 is 2.33 bits per heavy atom. The summed E-state index contributed by atoms with van der Waals surface area (Å²) in [4.78, 5) is 2.41. The van der Waals surface area contributed by atoms with Crippen molar-refractivity contribution in [1.29, 1.82) is 0 Å². The summed E-state index contributed by atoms with van der Waals surface area (Å²) < 4.78 is 0. The predicted molar refractivity (Wildman–Crippen MR) is 22.0 cm³/mol. The van der Waals surface area contributed by atoms with Crippen LogP contribution in [-0.4, -0.2) is 17.0 Å². The molecule has 0 N–H and O–H groups in total. The van der Waals surface area contributed by atoms with Crippen molar-refractivity contribution in [3.63, 3.8) is 0 Å². The van der Waals surface area contributed by atoms with E-state index in [-0.39, 0.29) is 0 Å². The van der Waals surface area contributed by atoms with Crippen molar-refractivity contribution < 1.29 is 0 Å². The first-order valence-electron chi connectivity index (χ1n) is 2.44. The Labute approximate surface area is 36.3 Å². The van der Waals surface area contributed by atoms with Crippen LogP contribution in [0.2, 0.25) is 0 Å². The van der Waals surface area contributed by atoms with Crippen molar-refractivity contribution in [3.8, 4) is 0 Å². The second-order valence-corrected chi connectivity index (χ2v) is 2.35. The second kappa shape index (κ2) is 0.310. The van der Waals surface area contributed by atoms with Crippen LogP contribution < -0.4 is 0 Å². The van der Waals surface area contributed by atoms with E-state index in [1.54, 1.807) is 0 Å². The van der Waals surface area contributed by atoms with Gasteiger partial charge in [-0.3, -0.25) is 0 Å². The molecule has 2 bridgehead atoms. The fourth-order valence-electron chi connectivity index (χ4n) is 1.51. The Balaban J connectivity index is 2.35. The van der Waals surface area contributed by atoms with E-state index in [0.717, 1.165) is 18.0 Å². The highest BCUT2D eigenvalue weighted by atomic mass is 15.5. The van der Waals surface area contributed by atoms with E-state index in [2.05, 4.69) is 17.2 Å². The van der Waals surface area contributed by atoms with Gasteiger partial charge in [-0.25, -0.2) is 0 Å². The van der Waals surface area contributed by atoms with Gasteiger partial charge in [-0.15, -0.1) is 0 Å². The number of rotatable bonds is 0. The van der Waals surface area contributed by atoms with E-state index >= 15 is 0 Å². The minimum Gasteiger partial charge on any atom is -0.366 e. The monoisotopic (exact) mass is 79.0 g/mol. The Kier molecular flexibility index (Phi) is 0.104. The van der Waals surface area contributed by atoms with E-state index in [4.69, 9.17) is 0 Å². The number of hydrogen-bond acceptors (Lipinski definition) is 1. The molecule has 1 saturated carbocycles. The molecule has 1 heteroatoms. The maximum Gasteiger partial charge on any atom is 0.0582 e. The average Bonchev–Trinajstić information content (AvgIpc) is 2.30. The first kappa shape index (κ1) is 2.01. The highest BCUT2D eigenvalue weighted by Gasteiger charge is 2.73. The third kappa shape index (κ3) is 0.0541. The molecule has 2 fully saturated rings. The van der Waals surface area contributed by atoms with Crippen molar-refractivity contribution in [1.82, 2.24) is 4.90 Å². The lowest BCUT2D eigenvalue weighted by molar-refractivity contribution is 0.537. The van der Waals surface area contributed by atoms with E-state index in [9.17, 15) is 0 Å². The van der Waals surface area contributed by atoms with Gasteiger partial charge in [0.15, 0.2) is 0 Å². The quantitative estimate of drug-likeness (QED) is 0.375. The molecular weight excluding hydrogens is 74.1 g/mol. The first-order chi connectivity index (χ1) is 2.98. The van der Waals surface area contributed by atoms with Gasteiger partial charge in [0.1, 0.15) is 0 Å². The second-order valence-electron chi connectivity index (χ2n) is 2.35. The van der Waals surface area contributed by atoms with Crippen LogP contribution in [0.3, 0.4) is 0 Å². The largest absolute Gasteiger partial charge is 0.366 e. The molecule has 3 aliphatic heterocycles. The summed E-state index contributed by atoms with van der Waals surface area (Å²) in [6.07, 6.45) is 4.54. The molecule has 0 aromatic heterocycles. The van der Waals surface area contributed by atoms with Crippen LogP contribution in [0.5, 0.6) is 0 Å². The third-order valence-electron chi connectivity index (χ3n) is 2.08. The zero-order chi connectivity index (χ0) is 3.72. The molecule has 0 amide bonds. The molecule has 0 spiro atoms. The summed E-state index contributed by atoms with van der Waals surface area (Å²) >= 11 is 0. The normalized spacial score (nSPS) is 65.3. The van der Waals surface area contributed by atoms with Crippen LogP contribution >= 0.6 is 0 Å². The van der Waals surface area contributed by atoms with Gasteiger partial charge in [-0.1, -0.05) is 6.08 Å². The minimum absolute atomic E-state index is 1.02. The van der Waals surface area contributed by atoms with Gasteiger partial charge in [0, 0.05) is 5.92 Å². The van der Waals surface area contributed by atoms with Crippen molar-refractivity contribution >= 4 is 0 Å². The summed E-state index contributed by atoms with van der Waals surface area (Å²) in [6, 6.07) is 2.04. The fourth-order valence-corrected chi connectivity index (χ4v) is 1.51. The van der Waals surface area contributed by atoms with Gasteiger partial charge < -0.3 is 4.90 Å². The Morgan fingerprint density at radius 2 is 2.17 bits per heavy atom. The molecule has 3 heterocycles. The van der Waals surface area contributed by atoms with Crippen LogP contribution in [0, 0.1) is 5.92 Å². The number of hydrogen-bond donors (Lipinski definition) is 0. The summed E-state index contributed by atoms with van der Waals surface area (Å²) in [5, 5.41) is 0. The topological polar surface area (TPSA) is 3.01 Å². The van der Waals surface area contributed by atoms with Crippen molar-refractivity contribution in [3.05, 3.63) is 12.3 Å². The van der Waals surface area contributed by atoms with Gasteiger partial charge in [0.05, 0.1) is 12.1 Å². The van der Waals surface area contributed by atoms with Crippen molar-refractivity contribution in [2.24, 2.45) is 5.92 Å². The van der Waals surface area contributed by atoms with Gasteiger partial charge in [0.2, 0.25) is 0 Å². The molecule has 4 rings (SSSR count). The molecule has 1 saturated heterocycles. The Hall–Kier alpha value is -0.460. The highest BCUT2D eigenvalue weighted by Crippen LogP contribution is 2.62. The van der Waals surface area contributed by atoms with E-state index in [0.29, 0.717) is 0 Å². The molecule has 2 unspecified atom stereocenters. The molecule has 1 nitrogen and oxygen atoms in total. The number of nitrogens with zero attached hydrogens (tertiary/aromatic N) is 1. The molecule has 3 atom stereocenters. The third-order valence-corrected chi connectivity index (χ3v) is 2.08. The predicted octanol–water partition coefficient (Wildman–Crippen LogP) is 0.196. The molecule has 4 aliphatic rings. The van der Waals surface area contributed by atoms with Gasteiger partial charge >= 0.3 is 0 Å². The molecule has 0 aromatic carbocycles. The van der Waals surface area contributed by atoms with Gasteiger partial charge in [-0.2, -0.15) is 0 Å². The smallest absolute Gasteiger partial charge is 0.0582 e. The molecule has 1 aliphatic carbocycles. The molecular formula is C5H5N. The SMILES string of the molecule is C1=CN2C3C1[C@H]32. The van der Waals surface area contributed by atoms with E-state index in [1.165, 1.54) is 0 Å². The van der Waals surface area contributed by atoms with E-state index in [1.807, 2.05) is 0 Å². The minimum atomic E-state index is 1.02. The first-order valence-corrected chi connectivity index (χ1v) is 2.44. The van der Waals surface area contributed by atoms with Crippen LogP contribution in [0.1, 0.15) is 0 Å². The van der Waals surface area contributed by atoms with Gasteiger partial charge in [-0.05, 0) is 6.20 Å². The standard InChI is InChI=1S/C5H5N/c1-2-6-4-3(1)5(4)6/h1-5H/t3?,4-,5?,6?/m1/s1. The van der Waals surface area contributed by atoms with Crippen LogP contribution in [0.15, 0.2) is 12.3 Å². The maximum absolute atomic E-state index is 2.41.